The molecule has 0 spiro atoms. The molecule has 24 heavy (non-hydrogen) atoms. The number of benzene rings is 1. The average Bonchev–Trinajstić information content (AvgIpc) is 2.62. The summed E-state index contributed by atoms with van der Waals surface area (Å²) in [6.07, 6.45) is 2.69. The molecule has 1 aliphatic rings. The van der Waals surface area contributed by atoms with Crippen molar-refractivity contribution in [1.29, 1.82) is 0 Å². The highest BCUT2D eigenvalue weighted by Gasteiger charge is 2.32. The zero-order valence-corrected chi connectivity index (χ0v) is 15.4. The van der Waals surface area contributed by atoms with Crippen LogP contribution in [0.15, 0.2) is 29.3 Å². The Bertz CT molecular complexity index is 514. The van der Waals surface area contributed by atoms with Crippen molar-refractivity contribution in [2.24, 2.45) is 4.99 Å². The number of hydrogen-bond acceptors (Lipinski definition) is 3. The number of nitrogens with zero attached hydrogens (tertiary/aromatic N) is 1. The van der Waals surface area contributed by atoms with Crippen LogP contribution >= 0.6 is 11.6 Å². The first kappa shape index (κ1) is 19.0. The van der Waals surface area contributed by atoms with Crippen molar-refractivity contribution >= 4 is 17.6 Å². The van der Waals surface area contributed by atoms with E-state index in [1.54, 1.807) is 7.11 Å². The Hall–Kier alpha value is -1.30. The Morgan fingerprint density at radius 3 is 2.58 bits per heavy atom. The fraction of sp³-hybridized carbons (Fsp3) is 0.611. The first-order valence-electron chi connectivity index (χ1n) is 8.57. The summed E-state index contributed by atoms with van der Waals surface area (Å²) in [7, 11) is 1.77. The van der Waals surface area contributed by atoms with Gasteiger partial charge in [-0.3, -0.25) is 4.99 Å². The minimum Gasteiger partial charge on any atom is -0.381 e. The summed E-state index contributed by atoms with van der Waals surface area (Å²) < 4.78 is 11.2. The standard InChI is InChI=1S/C18H28ClN3O2/c1-3-20-17(21-11-8-15-4-6-16(19)7-5-15)22-14-18(23-2)9-12-24-13-10-18/h4-7H,3,8-14H2,1-2H3,(H2,20,21,22). The molecule has 0 unspecified atom stereocenters. The van der Waals surface area contributed by atoms with Gasteiger partial charge >= 0.3 is 0 Å². The van der Waals surface area contributed by atoms with Gasteiger partial charge in [0.25, 0.3) is 0 Å². The molecular weight excluding hydrogens is 326 g/mol. The SMILES string of the molecule is CCNC(=NCC1(OC)CCOCC1)NCCc1ccc(Cl)cc1. The van der Waals surface area contributed by atoms with Crippen LogP contribution in [0, 0.1) is 0 Å². The largest absolute Gasteiger partial charge is 0.381 e. The van der Waals surface area contributed by atoms with E-state index in [1.165, 1.54) is 5.56 Å². The summed E-state index contributed by atoms with van der Waals surface area (Å²) >= 11 is 5.91. The number of hydrogen-bond donors (Lipinski definition) is 2. The van der Waals surface area contributed by atoms with Crippen molar-refractivity contribution in [3.63, 3.8) is 0 Å². The molecule has 1 aromatic carbocycles. The maximum absolute atomic E-state index is 5.91. The van der Waals surface area contributed by atoms with Crippen LogP contribution < -0.4 is 10.6 Å². The molecule has 0 aliphatic carbocycles. The van der Waals surface area contributed by atoms with Gasteiger partial charge in [-0.15, -0.1) is 0 Å². The molecule has 0 radical (unpaired) electrons. The molecule has 0 atom stereocenters. The van der Waals surface area contributed by atoms with Crippen LogP contribution in [0.3, 0.4) is 0 Å². The number of methoxy groups -OCH3 is 1. The minimum absolute atomic E-state index is 0.198. The zero-order valence-electron chi connectivity index (χ0n) is 14.6. The van der Waals surface area contributed by atoms with E-state index in [1.807, 2.05) is 12.1 Å². The van der Waals surface area contributed by atoms with Gasteiger partial charge in [0.15, 0.2) is 5.96 Å². The van der Waals surface area contributed by atoms with Gasteiger partial charge in [-0.25, -0.2) is 0 Å². The fourth-order valence-corrected chi connectivity index (χ4v) is 2.84. The van der Waals surface area contributed by atoms with Crippen LogP contribution in [0.2, 0.25) is 5.02 Å². The molecule has 2 rings (SSSR count). The van der Waals surface area contributed by atoms with E-state index in [4.69, 9.17) is 26.1 Å². The van der Waals surface area contributed by atoms with Crippen molar-refractivity contribution in [2.45, 2.75) is 31.8 Å². The number of rotatable bonds is 7. The van der Waals surface area contributed by atoms with E-state index in [0.29, 0.717) is 6.54 Å². The Morgan fingerprint density at radius 2 is 1.96 bits per heavy atom. The molecule has 1 aromatic rings. The van der Waals surface area contributed by atoms with Crippen molar-refractivity contribution in [3.8, 4) is 0 Å². The van der Waals surface area contributed by atoms with E-state index < -0.39 is 0 Å². The Morgan fingerprint density at radius 1 is 1.25 bits per heavy atom. The molecule has 1 heterocycles. The first-order valence-corrected chi connectivity index (χ1v) is 8.95. The summed E-state index contributed by atoms with van der Waals surface area (Å²) in [5.41, 5.74) is 1.05. The molecule has 134 valence electrons. The van der Waals surface area contributed by atoms with Gasteiger partial charge in [0, 0.05) is 51.3 Å². The van der Waals surface area contributed by atoms with Gasteiger partial charge in [0.2, 0.25) is 0 Å². The van der Waals surface area contributed by atoms with Crippen LogP contribution in [-0.4, -0.2) is 51.5 Å². The topological polar surface area (TPSA) is 54.9 Å². The van der Waals surface area contributed by atoms with Gasteiger partial charge in [0.05, 0.1) is 12.1 Å². The van der Waals surface area contributed by atoms with E-state index in [9.17, 15) is 0 Å². The van der Waals surface area contributed by atoms with Gasteiger partial charge in [-0.05, 0) is 31.0 Å². The summed E-state index contributed by atoms with van der Waals surface area (Å²) in [6.45, 7) is 5.83. The lowest BCUT2D eigenvalue weighted by atomic mass is 9.94. The number of guanidine groups is 1. The van der Waals surface area contributed by atoms with E-state index >= 15 is 0 Å². The number of aliphatic imine (C=N–C) groups is 1. The van der Waals surface area contributed by atoms with Gasteiger partial charge in [-0.1, -0.05) is 23.7 Å². The molecule has 5 nitrogen and oxygen atoms in total. The van der Waals surface area contributed by atoms with Crippen LogP contribution in [0.4, 0.5) is 0 Å². The molecule has 1 saturated heterocycles. The highest BCUT2D eigenvalue weighted by atomic mass is 35.5. The molecule has 6 heteroatoms. The Balaban J connectivity index is 1.86. The smallest absolute Gasteiger partial charge is 0.191 e. The third kappa shape index (κ3) is 5.96. The Labute approximate surface area is 149 Å². The summed E-state index contributed by atoms with van der Waals surface area (Å²) in [5, 5.41) is 7.44. The second kappa shape index (κ2) is 9.87. The summed E-state index contributed by atoms with van der Waals surface area (Å²) in [6, 6.07) is 7.94. The van der Waals surface area contributed by atoms with E-state index in [2.05, 4.69) is 29.7 Å². The molecule has 0 saturated carbocycles. The van der Waals surface area contributed by atoms with Crippen LogP contribution in [0.1, 0.15) is 25.3 Å². The normalized spacial score (nSPS) is 17.5. The van der Waals surface area contributed by atoms with Crippen molar-refractivity contribution < 1.29 is 9.47 Å². The zero-order chi connectivity index (χ0) is 17.3. The molecule has 0 bridgehead atoms. The molecule has 0 amide bonds. The maximum Gasteiger partial charge on any atom is 0.191 e. The third-order valence-corrected chi connectivity index (χ3v) is 4.58. The third-order valence-electron chi connectivity index (χ3n) is 4.33. The van der Waals surface area contributed by atoms with Crippen LogP contribution in [-0.2, 0) is 15.9 Å². The van der Waals surface area contributed by atoms with Crippen molar-refractivity contribution in [2.75, 3.05) is 40.0 Å². The molecule has 1 fully saturated rings. The number of halogens is 1. The molecule has 0 aromatic heterocycles. The summed E-state index contributed by atoms with van der Waals surface area (Å²) in [4.78, 5) is 4.72. The lowest BCUT2D eigenvalue weighted by Crippen LogP contribution is -2.44. The quantitative estimate of drug-likeness (QED) is 0.584. The number of ether oxygens (including phenoxy) is 2. The average molecular weight is 354 g/mol. The van der Waals surface area contributed by atoms with E-state index in [0.717, 1.165) is 56.5 Å². The van der Waals surface area contributed by atoms with E-state index in [-0.39, 0.29) is 5.60 Å². The van der Waals surface area contributed by atoms with Gasteiger partial charge < -0.3 is 20.1 Å². The minimum atomic E-state index is -0.198. The van der Waals surface area contributed by atoms with Crippen LogP contribution in [0.25, 0.3) is 0 Å². The first-order chi connectivity index (χ1) is 11.7. The number of nitrogens with one attached hydrogen (secondary N) is 2. The van der Waals surface area contributed by atoms with Gasteiger partial charge in [-0.2, -0.15) is 0 Å². The highest BCUT2D eigenvalue weighted by molar-refractivity contribution is 6.30. The molecule has 1 aliphatic heterocycles. The Kier molecular flexibility index (Phi) is 7.82. The molecule has 2 N–H and O–H groups in total. The predicted octanol–water partition coefficient (Wildman–Crippen LogP) is 2.63. The maximum atomic E-state index is 5.91. The van der Waals surface area contributed by atoms with Crippen molar-refractivity contribution in [3.05, 3.63) is 34.9 Å². The fourth-order valence-electron chi connectivity index (χ4n) is 2.71. The second-order valence-corrected chi connectivity index (χ2v) is 6.43. The summed E-state index contributed by atoms with van der Waals surface area (Å²) in [5.74, 6) is 0.828. The highest BCUT2D eigenvalue weighted by Crippen LogP contribution is 2.24. The second-order valence-electron chi connectivity index (χ2n) is 6.00. The monoisotopic (exact) mass is 353 g/mol. The molecular formula is C18H28ClN3O2. The lowest BCUT2D eigenvalue weighted by Gasteiger charge is -2.34. The van der Waals surface area contributed by atoms with Crippen LogP contribution in [0.5, 0.6) is 0 Å². The van der Waals surface area contributed by atoms with Gasteiger partial charge in [0.1, 0.15) is 0 Å². The predicted molar refractivity (Wildman–Crippen MR) is 98.9 cm³/mol. The van der Waals surface area contributed by atoms with Crippen molar-refractivity contribution in [1.82, 2.24) is 10.6 Å². The lowest BCUT2D eigenvalue weighted by molar-refractivity contribution is -0.0828.